The number of halogens is 1. The standard InChI is InChI=1S/C14H12ClN3O3/c1-9(21-14(20)12-8-16-6-7-17-12)13(19)18-11-4-2-10(15)3-5-11/h2-9H,1H3,(H,18,19)/t9-/m0/s1. The molecule has 0 saturated carbocycles. The summed E-state index contributed by atoms with van der Waals surface area (Å²) in [6, 6.07) is 6.59. The van der Waals surface area contributed by atoms with Crippen LogP contribution in [-0.2, 0) is 9.53 Å². The molecule has 0 unspecified atom stereocenters. The smallest absolute Gasteiger partial charge is 0.359 e. The number of aromatic nitrogens is 2. The topological polar surface area (TPSA) is 81.2 Å². The SMILES string of the molecule is C[C@H](OC(=O)c1cnccn1)C(=O)Nc1ccc(Cl)cc1. The average molecular weight is 306 g/mol. The van der Waals surface area contributed by atoms with Gasteiger partial charge >= 0.3 is 5.97 Å². The van der Waals surface area contributed by atoms with Crippen molar-refractivity contribution in [1.29, 1.82) is 0 Å². The van der Waals surface area contributed by atoms with Crippen LogP contribution in [0.25, 0.3) is 0 Å². The molecule has 1 atom stereocenters. The van der Waals surface area contributed by atoms with E-state index in [0.717, 1.165) is 0 Å². The minimum Gasteiger partial charge on any atom is -0.448 e. The van der Waals surface area contributed by atoms with Gasteiger partial charge in [-0.2, -0.15) is 0 Å². The molecular weight excluding hydrogens is 294 g/mol. The van der Waals surface area contributed by atoms with Crippen LogP contribution in [0.2, 0.25) is 5.02 Å². The molecule has 1 heterocycles. The minimum absolute atomic E-state index is 0.0450. The molecule has 0 saturated heterocycles. The maximum absolute atomic E-state index is 11.9. The molecule has 0 aliphatic rings. The summed E-state index contributed by atoms with van der Waals surface area (Å²) in [5.41, 5.74) is 0.607. The van der Waals surface area contributed by atoms with E-state index in [0.29, 0.717) is 10.7 Å². The molecule has 1 aromatic carbocycles. The van der Waals surface area contributed by atoms with Crippen LogP contribution in [0.1, 0.15) is 17.4 Å². The maximum Gasteiger partial charge on any atom is 0.359 e. The second kappa shape index (κ2) is 6.81. The quantitative estimate of drug-likeness (QED) is 0.877. The Morgan fingerprint density at radius 2 is 1.95 bits per heavy atom. The van der Waals surface area contributed by atoms with Gasteiger partial charge in [0.1, 0.15) is 0 Å². The molecule has 7 heteroatoms. The molecule has 6 nitrogen and oxygen atoms in total. The minimum atomic E-state index is -0.963. The van der Waals surface area contributed by atoms with E-state index in [-0.39, 0.29) is 5.69 Å². The first-order valence-corrected chi connectivity index (χ1v) is 6.47. The number of nitrogens with one attached hydrogen (secondary N) is 1. The molecule has 0 aliphatic heterocycles. The molecule has 1 aromatic heterocycles. The summed E-state index contributed by atoms with van der Waals surface area (Å²) in [6.45, 7) is 1.47. The summed E-state index contributed by atoms with van der Waals surface area (Å²) in [5, 5.41) is 3.18. The highest BCUT2D eigenvalue weighted by Crippen LogP contribution is 2.14. The van der Waals surface area contributed by atoms with Gasteiger partial charge in [0.05, 0.1) is 6.20 Å². The number of nitrogens with zero attached hydrogens (tertiary/aromatic N) is 2. The second-order valence-electron chi connectivity index (χ2n) is 4.13. The van der Waals surface area contributed by atoms with Crippen LogP contribution in [-0.4, -0.2) is 27.9 Å². The molecule has 2 rings (SSSR count). The van der Waals surface area contributed by atoms with Crippen molar-refractivity contribution in [3.63, 3.8) is 0 Å². The summed E-state index contributed by atoms with van der Waals surface area (Å²) in [6.07, 6.45) is 3.12. The Balaban J connectivity index is 1.93. The number of benzene rings is 1. The van der Waals surface area contributed by atoms with Gasteiger partial charge in [0, 0.05) is 23.1 Å². The van der Waals surface area contributed by atoms with Gasteiger partial charge in [0.2, 0.25) is 0 Å². The zero-order chi connectivity index (χ0) is 15.2. The highest BCUT2D eigenvalue weighted by Gasteiger charge is 2.19. The molecule has 0 spiro atoms. The van der Waals surface area contributed by atoms with E-state index in [1.807, 2.05) is 0 Å². The summed E-state index contributed by atoms with van der Waals surface area (Å²) >= 11 is 5.75. The number of carbonyl (C=O) groups is 2. The van der Waals surface area contributed by atoms with Crippen LogP contribution in [0.4, 0.5) is 5.69 Å². The van der Waals surface area contributed by atoms with E-state index in [2.05, 4.69) is 15.3 Å². The molecule has 2 aromatic rings. The lowest BCUT2D eigenvalue weighted by atomic mass is 10.3. The lowest BCUT2D eigenvalue weighted by Crippen LogP contribution is -2.30. The number of hydrogen-bond acceptors (Lipinski definition) is 5. The molecular formula is C14H12ClN3O3. The fraction of sp³-hybridized carbons (Fsp3) is 0.143. The Kier molecular flexibility index (Phi) is 4.84. The van der Waals surface area contributed by atoms with Crippen molar-refractivity contribution in [3.8, 4) is 0 Å². The number of rotatable bonds is 4. The van der Waals surface area contributed by atoms with Crippen molar-refractivity contribution in [2.45, 2.75) is 13.0 Å². The molecule has 1 N–H and O–H groups in total. The molecule has 0 bridgehead atoms. The lowest BCUT2D eigenvalue weighted by molar-refractivity contribution is -0.123. The number of anilines is 1. The highest BCUT2D eigenvalue weighted by atomic mass is 35.5. The van der Waals surface area contributed by atoms with Crippen LogP contribution in [0.15, 0.2) is 42.9 Å². The Morgan fingerprint density at radius 3 is 2.57 bits per heavy atom. The maximum atomic E-state index is 11.9. The van der Waals surface area contributed by atoms with E-state index < -0.39 is 18.0 Å². The van der Waals surface area contributed by atoms with Crippen molar-refractivity contribution in [2.75, 3.05) is 5.32 Å². The summed E-state index contributed by atoms with van der Waals surface area (Å²) in [5.74, 6) is -1.16. The summed E-state index contributed by atoms with van der Waals surface area (Å²) < 4.78 is 5.01. The first-order chi connectivity index (χ1) is 10.1. The van der Waals surface area contributed by atoms with Gasteiger partial charge in [0.15, 0.2) is 11.8 Å². The van der Waals surface area contributed by atoms with E-state index in [1.54, 1.807) is 24.3 Å². The third-order valence-corrected chi connectivity index (χ3v) is 2.79. The predicted molar refractivity (Wildman–Crippen MR) is 77.0 cm³/mol. The summed E-state index contributed by atoms with van der Waals surface area (Å²) in [4.78, 5) is 31.2. The second-order valence-corrected chi connectivity index (χ2v) is 4.57. The number of esters is 1. The third-order valence-electron chi connectivity index (χ3n) is 2.54. The number of hydrogen-bond donors (Lipinski definition) is 1. The molecule has 21 heavy (non-hydrogen) atoms. The van der Waals surface area contributed by atoms with Crippen LogP contribution in [0.3, 0.4) is 0 Å². The third kappa shape index (κ3) is 4.25. The Bertz CT molecular complexity index is 632. The monoisotopic (exact) mass is 305 g/mol. The summed E-state index contributed by atoms with van der Waals surface area (Å²) in [7, 11) is 0. The molecule has 1 amide bonds. The van der Waals surface area contributed by atoms with Crippen LogP contribution >= 0.6 is 11.6 Å². The Labute approximate surface area is 126 Å². The van der Waals surface area contributed by atoms with Crippen molar-refractivity contribution in [2.24, 2.45) is 0 Å². The normalized spacial score (nSPS) is 11.5. The van der Waals surface area contributed by atoms with Gasteiger partial charge in [-0.25, -0.2) is 9.78 Å². The van der Waals surface area contributed by atoms with Gasteiger partial charge in [-0.05, 0) is 31.2 Å². The molecule has 0 fully saturated rings. The number of ether oxygens (including phenoxy) is 1. The van der Waals surface area contributed by atoms with Gasteiger partial charge in [0.25, 0.3) is 5.91 Å². The van der Waals surface area contributed by atoms with Crippen molar-refractivity contribution >= 4 is 29.2 Å². The van der Waals surface area contributed by atoms with Gasteiger partial charge < -0.3 is 10.1 Å². The van der Waals surface area contributed by atoms with E-state index in [1.165, 1.54) is 25.5 Å². The van der Waals surface area contributed by atoms with Gasteiger partial charge in [-0.1, -0.05) is 11.6 Å². The van der Waals surface area contributed by atoms with Crippen molar-refractivity contribution < 1.29 is 14.3 Å². The van der Waals surface area contributed by atoms with Gasteiger partial charge in [-0.3, -0.25) is 9.78 Å². The predicted octanol–water partition coefficient (Wildman–Crippen LogP) is 2.31. The first kappa shape index (κ1) is 14.9. The van der Waals surface area contributed by atoms with E-state index >= 15 is 0 Å². The fourth-order valence-electron chi connectivity index (χ4n) is 1.46. The van der Waals surface area contributed by atoms with Crippen LogP contribution < -0.4 is 5.32 Å². The first-order valence-electron chi connectivity index (χ1n) is 6.09. The highest BCUT2D eigenvalue weighted by molar-refractivity contribution is 6.30. The molecule has 0 radical (unpaired) electrons. The van der Waals surface area contributed by atoms with Gasteiger partial charge in [-0.15, -0.1) is 0 Å². The number of carbonyl (C=O) groups excluding carboxylic acids is 2. The Morgan fingerprint density at radius 1 is 1.24 bits per heavy atom. The molecule has 0 aliphatic carbocycles. The van der Waals surface area contributed by atoms with Crippen LogP contribution in [0, 0.1) is 0 Å². The lowest BCUT2D eigenvalue weighted by Gasteiger charge is -2.13. The largest absolute Gasteiger partial charge is 0.448 e. The van der Waals surface area contributed by atoms with Crippen LogP contribution in [0.5, 0.6) is 0 Å². The average Bonchev–Trinajstić information content (AvgIpc) is 2.50. The molecule has 108 valence electrons. The Hall–Kier alpha value is -2.47. The van der Waals surface area contributed by atoms with Crippen molar-refractivity contribution in [3.05, 3.63) is 53.6 Å². The van der Waals surface area contributed by atoms with E-state index in [4.69, 9.17) is 16.3 Å². The zero-order valence-electron chi connectivity index (χ0n) is 11.1. The zero-order valence-corrected chi connectivity index (χ0v) is 11.9. The fourth-order valence-corrected chi connectivity index (χ4v) is 1.58. The number of amides is 1. The van der Waals surface area contributed by atoms with E-state index in [9.17, 15) is 9.59 Å². The van der Waals surface area contributed by atoms with Crippen molar-refractivity contribution in [1.82, 2.24) is 9.97 Å².